The number of carbonyl (C=O) groups is 1. The minimum absolute atomic E-state index is 0.351. The van der Waals surface area contributed by atoms with E-state index in [9.17, 15) is 4.79 Å². The molecule has 1 aromatic heterocycles. The summed E-state index contributed by atoms with van der Waals surface area (Å²) in [5.74, 6) is 0.615. The van der Waals surface area contributed by atoms with Gasteiger partial charge in [-0.05, 0) is 56.6 Å². The fraction of sp³-hybridized carbons (Fsp3) is 0.700. The van der Waals surface area contributed by atoms with E-state index in [0.29, 0.717) is 24.5 Å². The van der Waals surface area contributed by atoms with Crippen molar-refractivity contribution in [2.45, 2.75) is 76.3 Å². The largest absolute Gasteiger partial charge is 0.453 e. The highest BCUT2D eigenvalue weighted by molar-refractivity contribution is 5.66. The molecule has 138 valence electrons. The number of hydrogen-bond donors (Lipinski definition) is 2. The van der Waals surface area contributed by atoms with Crippen LogP contribution in [0.15, 0.2) is 12.3 Å². The topological polar surface area (TPSA) is 63.2 Å². The first-order valence-electron chi connectivity index (χ1n) is 9.74. The Balaban J connectivity index is 1.67. The van der Waals surface area contributed by atoms with E-state index in [1.165, 1.54) is 62.5 Å². The molecule has 2 fully saturated rings. The quantitative estimate of drug-likeness (QED) is 0.703. The number of amides is 1. The molecular weight excluding hydrogens is 314 g/mol. The number of aryl methyl sites for hydroxylation is 1. The number of aromatic nitrogens is 1. The Morgan fingerprint density at radius 1 is 1.32 bits per heavy atom. The first kappa shape index (κ1) is 18.2. The molecule has 2 N–H and O–H groups in total. The zero-order chi connectivity index (χ0) is 17.6. The highest BCUT2D eigenvalue weighted by atomic mass is 16.5. The van der Waals surface area contributed by atoms with Crippen LogP contribution in [0.25, 0.3) is 0 Å². The van der Waals surface area contributed by atoms with Crippen LogP contribution in [0.3, 0.4) is 0 Å². The van der Waals surface area contributed by atoms with E-state index in [-0.39, 0.29) is 6.09 Å². The summed E-state index contributed by atoms with van der Waals surface area (Å²) in [5, 5.41) is 6.43. The zero-order valence-electron chi connectivity index (χ0n) is 15.5. The lowest BCUT2D eigenvalue weighted by atomic mass is 9.94. The Morgan fingerprint density at radius 2 is 2.08 bits per heavy atom. The van der Waals surface area contributed by atoms with Crippen molar-refractivity contribution < 1.29 is 9.53 Å². The fourth-order valence-corrected chi connectivity index (χ4v) is 3.78. The highest BCUT2D eigenvalue weighted by Crippen LogP contribution is 2.36. The standard InChI is InChI=1S/C20H31N3O2/c1-14(23-18-9-10-18)17-12-16(8-5-11-21-20(24)25-2)19(22-13-17)15-6-3-4-7-15/h12-15,18,23H,3-11H2,1-2H3,(H,21,24). The minimum Gasteiger partial charge on any atom is -0.453 e. The third-order valence-corrected chi connectivity index (χ3v) is 5.41. The molecule has 5 nitrogen and oxygen atoms in total. The summed E-state index contributed by atoms with van der Waals surface area (Å²) < 4.78 is 4.63. The van der Waals surface area contributed by atoms with Crippen LogP contribution in [-0.4, -0.2) is 30.8 Å². The Labute approximate surface area is 150 Å². The first-order valence-corrected chi connectivity index (χ1v) is 9.74. The molecule has 2 aliphatic rings. The molecule has 0 spiro atoms. The summed E-state index contributed by atoms with van der Waals surface area (Å²) in [5.41, 5.74) is 3.93. The number of alkyl carbamates (subject to hydrolysis) is 1. The molecule has 2 aliphatic carbocycles. The highest BCUT2D eigenvalue weighted by Gasteiger charge is 2.25. The van der Waals surface area contributed by atoms with Crippen LogP contribution in [0.4, 0.5) is 4.79 Å². The molecule has 0 aromatic carbocycles. The summed E-state index contributed by atoms with van der Waals surface area (Å²) >= 11 is 0. The minimum atomic E-state index is -0.356. The van der Waals surface area contributed by atoms with Gasteiger partial charge in [0.1, 0.15) is 0 Å². The van der Waals surface area contributed by atoms with Gasteiger partial charge in [-0.25, -0.2) is 4.79 Å². The number of nitrogens with one attached hydrogen (secondary N) is 2. The molecule has 1 aromatic rings. The Kier molecular flexibility index (Phi) is 6.29. The normalized spacial score (nSPS) is 19.0. The molecule has 1 unspecified atom stereocenters. The second-order valence-electron chi connectivity index (χ2n) is 7.48. The third kappa shape index (κ3) is 5.18. The second kappa shape index (κ2) is 8.65. The van der Waals surface area contributed by atoms with Gasteiger partial charge in [0.05, 0.1) is 7.11 Å². The van der Waals surface area contributed by atoms with Crippen molar-refractivity contribution >= 4 is 6.09 Å². The predicted octanol–water partition coefficient (Wildman–Crippen LogP) is 3.84. The van der Waals surface area contributed by atoms with Crippen molar-refractivity contribution in [3.8, 4) is 0 Å². The lowest BCUT2D eigenvalue weighted by Crippen LogP contribution is -2.24. The average Bonchev–Trinajstić information content (AvgIpc) is 3.27. The molecule has 1 heterocycles. The molecule has 0 saturated heterocycles. The van der Waals surface area contributed by atoms with E-state index in [1.54, 1.807) is 0 Å². The zero-order valence-corrected chi connectivity index (χ0v) is 15.5. The van der Waals surface area contributed by atoms with E-state index in [1.807, 2.05) is 0 Å². The van der Waals surface area contributed by atoms with Gasteiger partial charge in [0.25, 0.3) is 0 Å². The van der Waals surface area contributed by atoms with Crippen LogP contribution in [0, 0.1) is 0 Å². The predicted molar refractivity (Wildman–Crippen MR) is 98.7 cm³/mol. The molecule has 3 rings (SSSR count). The molecule has 1 amide bonds. The van der Waals surface area contributed by atoms with E-state index < -0.39 is 0 Å². The molecular formula is C20H31N3O2. The Hall–Kier alpha value is -1.62. The monoisotopic (exact) mass is 345 g/mol. The molecule has 2 saturated carbocycles. The lowest BCUT2D eigenvalue weighted by Gasteiger charge is -2.19. The van der Waals surface area contributed by atoms with Gasteiger partial charge in [0.2, 0.25) is 0 Å². The summed E-state index contributed by atoms with van der Waals surface area (Å²) in [7, 11) is 1.40. The van der Waals surface area contributed by atoms with Crippen molar-refractivity contribution in [3.05, 3.63) is 29.1 Å². The second-order valence-corrected chi connectivity index (χ2v) is 7.48. The number of rotatable bonds is 8. The van der Waals surface area contributed by atoms with Gasteiger partial charge in [0.15, 0.2) is 0 Å². The van der Waals surface area contributed by atoms with Gasteiger partial charge in [-0.1, -0.05) is 18.9 Å². The van der Waals surface area contributed by atoms with Crippen molar-refractivity contribution in [2.24, 2.45) is 0 Å². The average molecular weight is 345 g/mol. The maximum absolute atomic E-state index is 11.2. The number of carbonyl (C=O) groups excluding carboxylic acids is 1. The Bertz CT molecular complexity index is 580. The number of pyridine rings is 1. The maximum atomic E-state index is 11.2. The van der Waals surface area contributed by atoms with Crippen LogP contribution in [0.1, 0.15) is 80.7 Å². The van der Waals surface area contributed by atoms with Crippen molar-refractivity contribution in [2.75, 3.05) is 13.7 Å². The van der Waals surface area contributed by atoms with Crippen LogP contribution in [0.2, 0.25) is 0 Å². The molecule has 0 bridgehead atoms. The molecule has 25 heavy (non-hydrogen) atoms. The maximum Gasteiger partial charge on any atom is 0.406 e. The summed E-state index contributed by atoms with van der Waals surface area (Å²) in [4.78, 5) is 16.1. The summed E-state index contributed by atoms with van der Waals surface area (Å²) in [6, 6.07) is 3.39. The van der Waals surface area contributed by atoms with Gasteiger partial charge < -0.3 is 15.4 Å². The summed E-state index contributed by atoms with van der Waals surface area (Å²) in [6.07, 6.45) is 11.3. The fourth-order valence-electron chi connectivity index (χ4n) is 3.78. The van der Waals surface area contributed by atoms with Gasteiger partial charge >= 0.3 is 6.09 Å². The molecule has 5 heteroatoms. The third-order valence-electron chi connectivity index (χ3n) is 5.41. The van der Waals surface area contributed by atoms with Gasteiger partial charge in [0, 0.05) is 36.4 Å². The summed E-state index contributed by atoms with van der Waals surface area (Å²) in [6.45, 7) is 2.87. The van der Waals surface area contributed by atoms with Crippen LogP contribution in [-0.2, 0) is 11.2 Å². The number of ether oxygens (including phenoxy) is 1. The molecule has 0 aliphatic heterocycles. The van der Waals surface area contributed by atoms with Gasteiger partial charge in [-0.2, -0.15) is 0 Å². The van der Waals surface area contributed by atoms with Crippen molar-refractivity contribution in [1.29, 1.82) is 0 Å². The number of nitrogens with zero attached hydrogens (tertiary/aromatic N) is 1. The van der Waals surface area contributed by atoms with E-state index in [2.05, 4.69) is 34.6 Å². The van der Waals surface area contributed by atoms with E-state index >= 15 is 0 Å². The van der Waals surface area contributed by atoms with Gasteiger partial charge in [-0.15, -0.1) is 0 Å². The smallest absolute Gasteiger partial charge is 0.406 e. The molecule has 0 radical (unpaired) electrons. The molecule has 1 atom stereocenters. The first-order chi connectivity index (χ1) is 12.2. The van der Waals surface area contributed by atoms with Gasteiger partial charge in [-0.3, -0.25) is 4.98 Å². The van der Waals surface area contributed by atoms with Crippen LogP contribution < -0.4 is 10.6 Å². The van der Waals surface area contributed by atoms with E-state index in [4.69, 9.17) is 4.98 Å². The van der Waals surface area contributed by atoms with Crippen molar-refractivity contribution in [3.63, 3.8) is 0 Å². The number of methoxy groups -OCH3 is 1. The van der Waals surface area contributed by atoms with Crippen molar-refractivity contribution in [1.82, 2.24) is 15.6 Å². The Morgan fingerprint density at radius 3 is 2.76 bits per heavy atom. The SMILES string of the molecule is COC(=O)NCCCc1cc(C(C)NC2CC2)cnc1C1CCCC1. The number of hydrogen-bond acceptors (Lipinski definition) is 4. The van der Waals surface area contributed by atoms with Crippen LogP contribution in [0.5, 0.6) is 0 Å². The lowest BCUT2D eigenvalue weighted by molar-refractivity contribution is 0.171. The van der Waals surface area contributed by atoms with E-state index in [0.717, 1.165) is 12.8 Å². The van der Waals surface area contributed by atoms with Crippen LogP contribution >= 0.6 is 0 Å².